The molecule has 0 aliphatic heterocycles. The van der Waals surface area contributed by atoms with Crippen LogP contribution < -0.4 is 0 Å². The number of Topliss-reactive ketones (excluding diaryl/α,β-unsaturated/α-hetero) is 2. The molecule has 20 heteroatoms. The molecule has 0 amide bonds. The number of hydrogen-bond donors (Lipinski definition) is 3. The molecule has 0 saturated heterocycles. The second-order valence-corrected chi connectivity index (χ2v) is 23.6. The quantitative estimate of drug-likeness (QED) is 0.0129. The van der Waals surface area contributed by atoms with Crippen LogP contribution in [0.15, 0.2) is 0 Å². The van der Waals surface area contributed by atoms with Crippen molar-refractivity contribution in [3.8, 4) is 0 Å². The molecule has 78 heavy (non-hydrogen) atoms. The van der Waals surface area contributed by atoms with E-state index in [2.05, 4.69) is 9.58 Å². The average Bonchev–Trinajstić information content (AvgIpc) is 4.14. The number of ether oxygens (including phenoxy) is 2. The minimum Gasteiger partial charge on any atom is -0.481 e. The summed E-state index contributed by atoms with van der Waals surface area (Å²) >= 11 is 0. The predicted molar refractivity (Wildman–Crippen MR) is 282 cm³/mol. The van der Waals surface area contributed by atoms with Crippen molar-refractivity contribution in [2.75, 3.05) is 13.2 Å². The number of unbranched alkanes of at least 4 members (excludes halogenated alkanes) is 15. The molecule has 3 N–H and O–H groups in total. The van der Waals surface area contributed by atoms with Crippen LogP contribution in [0.4, 0.5) is 13.2 Å². The van der Waals surface area contributed by atoms with Crippen LogP contribution >= 0.6 is 0 Å². The monoisotopic (exact) mass is 1200 g/mol. The number of nitrogens with zero attached hydrogens (tertiary/aromatic N) is 4. The molecule has 0 heterocycles. The van der Waals surface area contributed by atoms with Crippen LogP contribution in [0.5, 0.6) is 0 Å². The smallest absolute Gasteiger partial charge is 0.481 e. The molecule has 0 spiro atoms. The Balaban J connectivity index is 0.000000376. The van der Waals surface area contributed by atoms with E-state index in [0.717, 1.165) is 167 Å². The standard InChI is InChI=1S/C22H38O4.C18H26N4O2.C16H26O4.C2HF3O2.Ag/c1-3-25-19(23)17-21(13-14-21)11-9-7-5-6-8-10-12-22(15-16-22)18-20(24)26-4-2;19-21-13-15(23)17(9-10-17)7-5-3-1-2-4-6-8-18(11-12-18)16(24)14-22-20;17-13(18)15(9-10-15)7-5-3-1-2-4-6-8-16(11-12-16)14(19)20;3-2(4,5)1(6)7;/h3-18H2,1-2H3;13-14H,1-12H2;1-12H2,(H,17,18)(H,19,20);(H,6,7);. The van der Waals surface area contributed by atoms with E-state index < -0.39 is 24.1 Å². The Morgan fingerprint density at radius 1 is 0.436 bits per heavy atom. The maximum absolute atomic E-state index is 11.8. The third-order valence-corrected chi connectivity index (χ3v) is 17.3. The molecule has 0 atom stereocenters. The molecule has 0 unspecified atom stereocenters. The zero-order valence-electron chi connectivity index (χ0n) is 46.7. The Labute approximate surface area is 476 Å². The average molecular weight is 1200 g/mol. The normalized spacial score (nSPS) is 18.6. The number of ketones is 2. The zero-order valence-corrected chi connectivity index (χ0v) is 48.2. The van der Waals surface area contributed by atoms with Gasteiger partial charge in [-0.1, -0.05) is 116 Å². The minimum atomic E-state index is -5.08. The molecule has 6 aliphatic carbocycles. The van der Waals surface area contributed by atoms with Crippen LogP contribution in [-0.2, 0) is 65.4 Å². The molecular formula is C58H91AgF3N4O12. The first kappa shape index (κ1) is 70.1. The number of hydrogen-bond acceptors (Lipinski definition) is 9. The first-order chi connectivity index (χ1) is 36.6. The molecule has 0 aromatic heterocycles. The fourth-order valence-corrected chi connectivity index (χ4v) is 10.8. The van der Waals surface area contributed by atoms with Crippen LogP contribution in [0.25, 0.3) is 11.1 Å². The van der Waals surface area contributed by atoms with Gasteiger partial charge in [-0.15, -0.1) is 0 Å². The number of halogens is 3. The Morgan fingerprint density at radius 2 is 0.667 bits per heavy atom. The third kappa shape index (κ3) is 26.5. The summed E-state index contributed by atoms with van der Waals surface area (Å²) in [6.45, 7) is 4.74. The number of aliphatic carboxylic acids is 3. The largest absolute Gasteiger partial charge is 0.490 e. The van der Waals surface area contributed by atoms with Crippen LogP contribution in [0.3, 0.4) is 0 Å². The van der Waals surface area contributed by atoms with Gasteiger partial charge in [0.15, 0.2) is 0 Å². The number of carbonyl (C=O) groups excluding carboxylic acids is 4. The van der Waals surface area contributed by atoms with Gasteiger partial charge in [-0.05, 0) is 140 Å². The van der Waals surface area contributed by atoms with E-state index in [1.54, 1.807) is 0 Å². The second-order valence-electron chi connectivity index (χ2n) is 23.6. The van der Waals surface area contributed by atoms with Gasteiger partial charge in [0.25, 0.3) is 0 Å². The summed E-state index contributed by atoms with van der Waals surface area (Å²) < 4.78 is 41.9. The van der Waals surface area contributed by atoms with Crippen molar-refractivity contribution in [1.82, 2.24) is 0 Å². The Morgan fingerprint density at radius 3 is 0.859 bits per heavy atom. The van der Waals surface area contributed by atoms with Crippen molar-refractivity contribution < 1.29 is 103 Å². The summed E-state index contributed by atoms with van der Waals surface area (Å²) in [5.74, 6) is -4.07. The van der Waals surface area contributed by atoms with E-state index in [-0.39, 0.29) is 78.4 Å². The molecule has 0 bridgehead atoms. The van der Waals surface area contributed by atoms with Crippen molar-refractivity contribution in [1.29, 1.82) is 0 Å². The van der Waals surface area contributed by atoms with Crippen LogP contribution in [0.1, 0.15) is 258 Å². The van der Waals surface area contributed by atoms with Gasteiger partial charge >= 0.3 is 48.5 Å². The fraction of sp³-hybridized carbons (Fsp3) is 0.845. The first-order valence-electron chi connectivity index (χ1n) is 29.1. The number of esters is 2. The van der Waals surface area contributed by atoms with Gasteiger partial charge in [0.1, 0.15) is 0 Å². The maximum Gasteiger partial charge on any atom is 0.490 e. The van der Waals surface area contributed by atoms with Crippen molar-refractivity contribution in [2.24, 2.45) is 32.5 Å². The molecule has 6 saturated carbocycles. The van der Waals surface area contributed by atoms with Gasteiger partial charge in [0.05, 0.1) is 36.9 Å². The van der Waals surface area contributed by atoms with E-state index in [4.69, 9.17) is 40.7 Å². The Bertz CT molecular complexity index is 1900. The molecule has 6 aliphatic rings. The third-order valence-electron chi connectivity index (χ3n) is 17.3. The summed E-state index contributed by atoms with van der Waals surface area (Å²) in [5, 5.41) is 25.2. The van der Waals surface area contributed by atoms with E-state index in [1.807, 2.05) is 13.8 Å². The van der Waals surface area contributed by atoms with E-state index in [1.165, 1.54) is 77.0 Å². The van der Waals surface area contributed by atoms with Crippen LogP contribution in [0, 0.1) is 32.5 Å². The molecule has 1 radical (unpaired) electrons. The number of carboxylic acids is 3. The van der Waals surface area contributed by atoms with Crippen molar-refractivity contribution >= 4 is 53.8 Å². The molecule has 6 rings (SSSR count). The number of carboxylic acid groups (broad SMARTS) is 3. The summed E-state index contributed by atoms with van der Waals surface area (Å²) in [4.78, 5) is 83.4. The van der Waals surface area contributed by atoms with Gasteiger partial charge in [0, 0.05) is 33.2 Å². The van der Waals surface area contributed by atoms with Gasteiger partial charge < -0.3 is 35.9 Å². The van der Waals surface area contributed by atoms with Crippen molar-refractivity contribution in [3.05, 3.63) is 11.1 Å². The van der Waals surface area contributed by atoms with Crippen molar-refractivity contribution in [3.63, 3.8) is 0 Å². The van der Waals surface area contributed by atoms with E-state index in [0.29, 0.717) is 26.1 Å². The summed E-state index contributed by atoms with van der Waals surface area (Å²) in [6.07, 6.45) is 36.9. The van der Waals surface area contributed by atoms with Gasteiger partial charge in [0.2, 0.25) is 11.6 Å². The van der Waals surface area contributed by atoms with Crippen LogP contribution in [-0.4, -0.2) is 98.1 Å². The topological polar surface area (TPSA) is 271 Å². The summed E-state index contributed by atoms with van der Waals surface area (Å²) in [5.41, 5.74) is 16.3. The minimum absolute atomic E-state index is 0. The molecular weight excluding hydrogens is 1110 g/mol. The van der Waals surface area contributed by atoms with E-state index in [9.17, 15) is 41.9 Å². The number of carbonyl (C=O) groups is 7. The van der Waals surface area contributed by atoms with E-state index >= 15 is 0 Å². The maximum atomic E-state index is 11.8. The second kappa shape index (κ2) is 34.3. The molecule has 447 valence electrons. The van der Waals surface area contributed by atoms with Gasteiger partial charge in [-0.2, -0.15) is 22.8 Å². The summed E-state index contributed by atoms with van der Waals surface area (Å²) in [7, 11) is 0. The molecule has 0 aromatic carbocycles. The number of rotatable bonds is 39. The summed E-state index contributed by atoms with van der Waals surface area (Å²) in [6, 6.07) is 0. The molecule has 16 nitrogen and oxygen atoms in total. The van der Waals surface area contributed by atoms with Crippen molar-refractivity contribution in [2.45, 2.75) is 264 Å². The SMILES string of the molecule is CCOC(=O)CC1(CCCCCCCCC2(CC(=O)OCC)CC2)CC1.O=C(O)C(F)(F)F.O=C(O)C1(CCCCCCCCC2(C(=O)O)CC2)CC1.[Ag].[N-]=[N+]=CC(=O)C1(CCCCCCCCC2(C(=O)C=[N+]=[N-])CC2)CC1. The van der Waals surface area contributed by atoms with Gasteiger partial charge in [-0.3, -0.25) is 28.8 Å². The number of alkyl halides is 3. The Hall–Kier alpha value is -4.02. The van der Waals surface area contributed by atoms with Gasteiger partial charge in [-0.25, -0.2) is 4.79 Å². The predicted octanol–water partition coefficient (Wildman–Crippen LogP) is 13.4. The molecule has 0 aromatic rings. The molecule has 6 fully saturated rings. The Kier molecular flexibility index (Phi) is 30.8. The fourth-order valence-electron chi connectivity index (χ4n) is 10.8. The first-order valence-corrected chi connectivity index (χ1v) is 29.1. The zero-order chi connectivity index (χ0) is 57.1. The van der Waals surface area contributed by atoms with Crippen LogP contribution in [0.2, 0.25) is 0 Å².